The highest BCUT2D eigenvalue weighted by molar-refractivity contribution is 14.0. The second-order valence-corrected chi connectivity index (χ2v) is 6.02. The number of aliphatic imine (C=N–C) groups is 1. The first-order valence-corrected chi connectivity index (χ1v) is 8.80. The molecule has 0 spiro atoms. The molecule has 1 saturated heterocycles. The van der Waals surface area contributed by atoms with Gasteiger partial charge in [-0.2, -0.15) is 0 Å². The van der Waals surface area contributed by atoms with E-state index in [1.54, 1.807) is 0 Å². The van der Waals surface area contributed by atoms with E-state index in [4.69, 9.17) is 9.47 Å². The third-order valence-electron chi connectivity index (χ3n) is 3.89. The lowest BCUT2D eigenvalue weighted by Gasteiger charge is -2.12. The molecule has 0 aromatic heterocycles. The molecule has 0 amide bonds. The Hall–Kier alpha value is -1.00. The van der Waals surface area contributed by atoms with E-state index in [2.05, 4.69) is 15.6 Å². The van der Waals surface area contributed by atoms with Gasteiger partial charge in [0.15, 0.2) is 5.96 Å². The molecule has 1 aromatic carbocycles. The minimum atomic E-state index is -0.464. The monoisotopic (exact) mass is 483 g/mol. The molecule has 0 radical (unpaired) electrons. The summed E-state index contributed by atoms with van der Waals surface area (Å²) in [5, 5.41) is 6.26. The van der Waals surface area contributed by atoms with Crippen molar-refractivity contribution in [3.8, 4) is 0 Å². The van der Waals surface area contributed by atoms with Crippen LogP contribution in [0.15, 0.2) is 23.2 Å². The van der Waals surface area contributed by atoms with Crippen LogP contribution in [0.4, 0.5) is 8.78 Å². The summed E-state index contributed by atoms with van der Waals surface area (Å²) < 4.78 is 37.8. The smallest absolute Gasteiger partial charge is 0.191 e. The molecule has 1 heterocycles. The zero-order valence-electron chi connectivity index (χ0n) is 15.1. The topological polar surface area (TPSA) is 54.9 Å². The highest BCUT2D eigenvalue weighted by atomic mass is 127. The third-order valence-corrected chi connectivity index (χ3v) is 3.89. The van der Waals surface area contributed by atoms with E-state index >= 15 is 0 Å². The van der Waals surface area contributed by atoms with E-state index in [-0.39, 0.29) is 36.1 Å². The Morgan fingerprint density at radius 1 is 1.35 bits per heavy atom. The summed E-state index contributed by atoms with van der Waals surface area (Å²) in [4.78, 5) is 4.30. The fourth-order valence-corrected chi connectivity index (χ4v) is 2.52. The van der Waals surface area contributed by atoms with Crippen molar-refractivity contribution in [3.05, 3.63) is 35.4 Å². The number of guanidine groups is 1. The third kappa shape index (κ3) is 8.59. The first-order chi connectivity index (χ1) is 12.2. The molecule has 5 nitrogen and oxygen atoms in total. The Balaban J connectivity index is 0.00000338. The number of benzene rings is 1. The molecule has 26 heavy (non-hydrogen) atoms. The van der Waals surface area contributed by atoms with Crippen molar-refractivity contribution >= 4 is 29.9 Å². The van der Waals surface area contributed by atoms with Gasteiger partial charge in [0.2, 0.25) is 0 Å². The number of hydrogen-bond acceptors (Lipinski definition) is 3. The van der Waals surface area contributed by atoms with E-state index in [1.165, 1.54) is 6.07 Å². The molecule has 1 aliphatic rings. The summed E-state index contributed by atoms with van der Waals surface area (Å²) in [5.41, 5.74) is 0.235. The quantitative estimate of drug-likeness (QED) is 0.246. The van der Waals surface area contributed by atoms with Crippen molar-refractivity contribution in [2.75, 3.05) is 39.5 Å². The maximum atomic E-state index is 13.6. The predicted molar refractivity (Wildman–Crippen MR) is 109 cm³/mol. The molecule has 148 valence electrons. The Bertz CT molecular complexity index is 555. The summed E-state index contributed by atoms with van der Waals surface area (Å²) in [6.45, 7) is 6.46. The zero-order chi connectivity index (χ0) is 17.9. The van der Waals surface area contributed by atoms with E-state index in [0.717, 1.165) is 44.8 Å². The molecule has 2 N–H and O–H groups in total. The minimum absolute atomic E-state index is 0. The summed E-state index contributed by atoms with van der Waals surface area (Å²) in [6.07, 6.45) is 1.92. The summed E-state index contributed by atoms with van der Waals surface area (Å²) >= 11 is 0. The minimum Gasteiger partial charge on any atom is -0.381 e. The fourth-order valence-electron chi connectivity index (χ4n) is 2.52. The number of nitrogens with zero attached hydrogens (tertiary/aromatic N) is 1. The number of ether oxygens (including phenoxy) is 2. The Kier molecular flexibility index (Phi) is 11.7. The second kappa shape index (κ2) is 13.2. The summed E-state index contributed by atoms with van der Waals surface area (Å²) in [6, 6.07) is 3.39. The molecule has 1 unspecified atom stereocenters. The van der Waals surface area contributed by atoms with Gasteiger partial charge in [-0.3, -0.25) is 0 Å². The largest absolute Gasteiger partial charge is 0.381 e. The average Bonchev–Trinajstić information content (AvgIpc) is 3.11. The number of halogens is 3. The number of rotatable bonds is 9. The first kappa shape index (κ1) is 23.0. The molecule has 1 fully saturated rings. The molecular weight excluding hydrogens is 455 g/mol. The van der Waals surface area contributed by atoms with Crippen LogP contribution >= 0.6 is 24.0 Å². The van der Waals surface area contributed by atoms with E-state index < -0.39 is 11.6 Å². The Labute approximate surface area is 171 Å². The standard InChI is InChI=1S/C18H27F2N3O2.HI/c1-2-21-18(23-11-15-10-16(19)4-5-17(15)20)22-7-3-8-24-12-14-6-9-25-13-14;/h4-5,10,14H,2-3,6-9,11-13H2,1H3,(H2,21,22,23);1H. The highest BCUT2D eigenvalue weighted by Gasteiger charge is 2.15. The zero-order valence-corrected chi connectivity index (χ0v) is 17.4. The van der Waals surface area contributed by atoms with Crippen LogP contribution in [0, 0.1) is 17.6 Å². The van der Waals surface area contributed by atoms with Crippen molar-refractivity contribution in [3.63, 3.8) is 0 Å². The second-order valence-electron chi connectivity index (χ2n) is 6.02. The maximum absolute atomic E-state index is 13.6. The normalized spacial score (nSPS) is 17.0. The van der Waals surface area contributed by atoms with Crippen molar-refractivity contribution in [1.82, 2.24) is 10.6 Å². The molecule has 0 bridgehead atoms. The lowest BCUT2D eigenvalue weighted by atomic mass is 10.1. The molecule has 0 aliphatic carbocycles. The SMILES string of the molecule is CCNC(=NCc1cc(F)ccc1F)NCCCOCC1CCOC1.I. The van der Waals surface area contributed by atoms with Crippen molar-refractivity contribution in [2.45, 2.75) is 26.3 Å². The van der Waals surface area contributed by atoms with Gasteiger partial charge in [-0.05, 0) is 38.0 Å². The van der Waals surface area contributed by atoms with Crippen LogP contribution in [0.1, 0.15) is 25.3 Å². The van der Waals surface area contributed by atoms with E-state index in [0.29, 0.717) is 31.6 Å². The molecule has 1 aromatic rings. The Morgan fingerprint density at radius 2 is 2.19 bits per heavy atom. The molecule has 1 atom stereocenters. The average molecular weight is 483 g/mol. The first-order valence-electron chi connectivity index (χ1n) is 8.80. The van der Waals surface area contributed by atoms with Crippen molar-refractivity contribution < 1.29 is 18.3 Å². The van der Waals surface area contributed by atoms with Crippen LogP contribution in [0.5, 0.6) is 0 Å². The molecule has 2 rings (SSSR count). The molecule has 0 saturated carbocycles. The van der Waals surface area contributed by atoms with Gasteiger partial charge in [-0.1, -0.05) is 0 Å². The fraction of sp³-hybridized carbons (Fsp3) is 0.611. The van der Waals surface area contributed by atoms with Gasteiger partial charge < -0.3 is 20.1 Å². The Morgan fingerprint density at radius 3 is 2.92 bits per heavy atom. The van der Waals surface area contributed by atoms with Crippen molar-refractivity contribution in [1.29, 1.82) is 0 Å². The summed E-state index contributed by atoms with van der Waals surface area (Å²) in [5.74, 6) is 0.183. The van der Waals surface area contributed by atoms with Gasteiger partial charge in [0.1, 0.15) is 11.6 Å². The van der Waals surface area contributed by atoms with Crippen LogP contribution in [0.25, 0.3) is 0 Å². The lowest BCUT2D eigenvalue weighted by molar-refractivity contribution is 0.0888. The van der Waals surface area contributed by atoms with Crippen molar-refractivity contribution in [2.24, 2.45) is 10.9 Å². The lowest BCUT2D eigenvalue weighted by Crippen LogP contribution is -2.38. The van der Waals surface area contributed by atoms with E-state index in [9.17, 15) is 8.78 Å². The molecule has 1 aliphatic heterocycles. The van der Waals surface area contributed by atoms with Gasteiger partial charge >= 0.3 is 0 Å². The van der Waals surface area contributed by atoms with Crippen LogP contribution in [-0.2, 0) is 16.0 Å². The number of hydrogen-bond donors (Lipinski definition) is 2. The van der Waals surface area contributed by atoms with Gasteiger partial charge in [0.05, 0.1) is 19.8 Å². The van der Waals surface area contributed by atoms with Crippen LogP contribution in [0.2, 0.25) is 0 Å². The maximum Gasteiger partial charge on any atom is 0.191 e. The predicted octanol–water partition coefficient (Wildman–Crippen LogP) is 3.08. The number of nitrogens with one attached hydrogen (secondary N) is 2. The van der Waals surface area contributed by atoms with Crippen LogP contribution < -0.4 is 10.6 Å². The van der Waals surface area contributed by atoms with Gasteiger partial charge in [0, 0.05) is 37.8 Å². The van der Waals surface area contributed by atoms with Crippen LogP contribution in [0.3, 0.4) is 0 Å². The summed E-state index contributed by atoms with van der Waals surface area (Å²) in [7, 11) is 0. The van der Waals surface area contributed by atoms with Gasteiger partial charge in [-0.15, -0.1) is 24.0 Å². The highest BCUT2D eigenvalue weighted by Crippen LogP contribution is 2.12. The molecular formula is C18H28F2IN3O2. The van der Waals surface area contributed by atoms with Gasteiger partial charge in [-0.25, -0.2) is 13.8 Å². The van der Waals surface area contributed by atoms with E-state index in [1.807, 2.05) is 6.92 Å². The molecule has 8 heteroatoms. The van der Waals surface area contributed by atoms with Gasteiger partial charge in [0.25, 0.3) is 0 Å². The van der Waals surface area contributed by atoms with Crippen LogP contribution in [-0.4, -0.2) is 45.5 Å².